The van der Waals surface area contributed by atoms with E-state index in [2.05, 4.69) is 5.32 Å². The molecule has 0 saturated carbocycles. The molecule has 0 aliphatic rings. The first kappa shape index (κ1) is 14.7. The van der Waals surface area contributed by atoms with Crippen molar-refractivity contribution in [2.75, 3.05) is 26.1 Å². The van der Waals surface area contributed by atoms with E-state index in [1.54, 1.807) is 0 Å². The topological polar surface area (TPSA) is 111 Å². The molecule has 2 N–H and O–H groups in total. The van der Waals surface area contributed by atoms with Gasteiger partial charge in [0.15, 0.2) is 6.10 Å². The number of ether oxygens (including phenoxy) is 2. The second-order valence-corrected chi connectivity index (χ2v) is 3.58. The number of hydrogen-bond donors (Lipinski definition) is 2. The fraction of sp³-hybridized carbons (Fsp3) is 0.364. The number of anilines is 1. The van der Waals surface area contributed by atoms with Gasteiger partial charge in [0.05, 0.1) is 24.6 Å². The average Bonchev–Trinajstić information content (AvgIpc) is 2.38. The lowest BCUT2D eigenvalue weighted by atomic mass is 10.2. The number of methoxy groups -OCH3 is 2. The van der Waals surface area contributed by atoms with Crippen LogP contribution in [-0.2, 0) is 9.53 Å². The zero-order valence-electron chi connectivity index (χ0n) is 10.5. The van der Waals surface area contributed by atoms with Crippen molar-refractivity contribution in [3.63, 3.8) is 0 Å². The summed E-state index contributed by atoms with van der Waals surface area (Å²) in [6.45, 7) is -0.0843. The van der Waals surface area contributed by atoms with Crippen LogP contribution in [0.3, 0.4) is 0 Å². The third-order valence-corrected chi connectivity index (χ3v) is 2.44. The van der Waals surface area contributed by atoms with E-state index >= 15 is 0 Å². The Labute approximate surface area is 109 Å². The highest BCUT2D eigenvalue weighted by atomic mass is 16.6. The molecule has 0 spiro atoms. The molecule has 1 atom stereocenters. The quantitative estimate of drug-likeness (QED) is 0.564. The smallest absolute Gasteiger partial charge is 0.334 e. The Morgan fingerprint density at radius 2 is 2.21 bits per heavy atom. The van der Waals surface area contributed by atoms with E-state index in [-0.39, 0.29) is 17.9 Å². The number of nitrogens with zero attached hydrogens (tertiary/aromatic N) is 1. The van der Waals surface area contributed by atoms with E-state index in [0.29, 0.717) is 5.75 Å². The molecular formula is C11H14N2O6. The third-order valence-electron chi connectivity index (χ3n) is 2.44. The number of nitrogens with one attached hydrogen (secondary N) is 1. The summed E-state index contributed by atoms with van der Waals surface area (Å²) in [5, 5.41) is 22.4. The summed E-state index contributed by atoms with van der Waals surface area (Å²) in [5.74, 6) is -0.801. The van der Waals surface area contributed by atoms with Gasteiger partial charge < -0.3 is 19.9 Å². The van der Waals surface area contributed by atoms with Crippen LogP contribution in [0, 0.1) is 10.1 Å². The molecule has 0 aliphatic carbocycles. The molecule has 1 rings (SSSR count). The number of aliphatic carboxylic acids is 1. The minimum absolute atomic E-state index is 0.0843. The summed E-state index contributed by atoms with van der Waals surface area (Å²) >= 11 is 0. The Morgan fingerprint density at radius 1 is 1.53 bits per heavy atom. The Bertz CT molecular complexity index is 476. The van der Waals surface area contributed by atoms with Gasteiger partial charge in [-0.05, 0) is 12.1 Å². The van der Waals surface area contributed by atoms with Crippen LogP contribution < -0.4 is 10.1 Å². The predicted octanol–water partition coefficient (Wildman–Crippen LogP) is 1.11. The minimum atomic E-state index is -1.15. The van der Waals surface area contributed by atoms with E-state index in [9.17, 15) is 14.9 Å². The van der Waals surface area contributed by atoms with Gasteiger partial charge in [0, 0.05) is 7.11 Å². The van der Waals surface area contributed by atoms with Crippen molar-refractivity contribution in [2.45, 2.75) is 6.10 Å². The zero-order valence-corrected chi connectivity index (χ0v) is 10.5. The van der Waals surface area contributed by atoms with Gasteiger partial charge in [-0.1, -0.05) is 0 Å². The van der Waals surface area contributed by atoms with E-state index in [1.165, 1.54) is 32.4 Å². The molecule has 0 bridgehead atoms. The van der Waals surface area contributed by atoms with Crippen molar-refractivity contribution >= 4 is 17.3 Å². The molecule has 19 heavy (non-hydrogen) atoms. The van der Waals surface area contributed by atoms with E-state index in [4.69, 9.17) is 14.6 Å². The summed E-state index contributed by atoms with van der Waals surface area (Å²) in [7, 11) is 2.65. The lowest BCUT2D eigenvalue weighted by molar-refractivity contribution is -0.384. The van der Waals surface area contributed by atoms with E-state index in [1.807, 2.05) is 0 Å². The van der Waals surface area contributed by atoms with Crippen molar-refractivity contribution in [1.29, 1.82) is 0 Å². The molecule has 104 valence electrons. The van der Waals surface area contributed by atoms with Crippen molar-refractivity contribution in [3.05, 3.63) is 28.3 Å². The van der Waals surface area contributed by atoms with Crippen LogP contribution in [0.15, 0.2) is 18.2 Å². The lowest BCUT2D eigenvalue weighted by Gasteiger charge is -2.13. The van der Waals surface area contributed by atoms with Gasteiger partial charge in [0.25, 0.3) is 5.69 Å². The molecule has 0 aromatic heterocycles. The molecule has 8 heteroatoms. The van der Waals surface area contributed by atoms with Gasteiger partial charge in [0.1, 0.15) is 11.4 Å². The Hall–Kier alpha value is -2.35. The first-order chi connectivity index (χ1) is 8.99. The van der Waals surface area contributed by atoms with E-state index in [0.717, 1.165) is 0 Å². The number of benzene rings is 1. The normalized spacial score (nSPS) is 11.7. The molecule has 1 aromatic rings. The fourth-order valence-electron chi connectivity index (χ4n) is 1.41. The van der Waals surface area contributed by atoms with Gasteiger partial charge in [0.2, 0.25) is 0 Å². The van der Waals surface area contributed by atoms with Gasteiger partial charge >= 0.3 is 5.97 Å². The van der Waals surface area contributed by atoms with Crippen molar-refractivity contribution < 1.29 is 24.3 Å². The second-order valence-electron chi connectivity index (χ2n) is 3.58. The maximum Gasteiger partial charge on any atom is 0.334 e. The largest absolute Gasteiger partial charge is 0.496 e. The zero-order chi connectivity index (χ0) is 14.4. The van der Waals surface area contributed by atoms with Crippen molar-refractivity contribution in [2.24, 2.45) is 0 Å². The molecule has 0 saturated heterocycles. The van der Waals surface area contributed by atoms with Crippen molar-refractivity contribution in [3.8, 4) is 5.75 Å². The predicted molar refractivity (Wildman–Crippen MR) is 66.6 cm³/mol. The van der Waals surface area contributed by atoms with Crippen LogP contribution >= 0.6 is 0 Å². The number of carbonyl (C=O) groups is 1. The highest BCUT2D eigenvalue weighted by Crippen LogP contribution is 2.28. The number of rotatable bonds is 7. The van der Waals surface area contributed by atoms with Crippen LogP contribution in [-0.4, -0.2) is 42.9 Å². The lowest BCUT2D eigenvalue weighted by Crippen LogP contribution is -2.30. The third kappa shape index (κ3) is 3.81. The van der Waals surface area contributed by atoms with Crippen LogP contribution in [0.4, 0.5) is 11.4 Å². The van der Waals surface area contributed by atoms with Crippen LogP contribution in [0.5, 0.6) is 5.75 Å². The molecule has 1 aromatic carbocycles. The molecule has 0 heterocycles. The summed E-state index contributed by atoms with van der Waals surface area (Å²) in [6, 6.07) is 4.24. The maximum atomic E-state index is 10.9. The summed E-state index contributed by atoms with van der Waals surface area (Å²) in [5.41, 5.74) is 0.00805. The fourth-order valence-corrected chi connectivity index (χ4v) is 1.41. The standard InChI is InChI=1S/C11H14N2O6/c1-18-7-3-4-8(9(5-7)13(16)17)12-6-10(19-2)11(14)15/h3-5,10,12H,6H2,1-2H3,(H,14,15). The van der Waals surface area contributed by atoms with Crippen molar-refractivity contribution in [1.82, 2.24) is 0 Å². The summed E-state index contributed by atoms with van der Waals surface area (Å²) in [6.07, 6.45) is -1.08. The monoisotopic (exact) mass is 270 g/mol. The summed E-state index contributed by atoms with van der Waals surface area (Å²) in [4.78, 5) is 21.1. The van der Waals surface area contributed by atoms with E-state index < -0.39 is 17.0 Å². The highest BCUT2D eigenvalue weighted by Gasteiger charge is 2.19. The first-order valence-corrected chi connectivity index (χ1v) is 5.31. The SMILES string of the molecule is COc1ccc(NCC(OC)C(=O)O)c([N+](=O)[O-])c1. The Balaban J connectivity index is 2.88. The van der Waals surface area contributed by atoms with Crippen LogP contribution in [0.1, 0.15) is 0 Å². The number of hydrogen-bond acceptors (Lipinski definition) is 6. The minimum Gasteiger partial charge on any atom is -0.496 e. The molecule has 0 fully saturated rings. The molecule has 0 amide bonds. The maximum absolute atomic E-state index is 10.9. The molecule has 8 nitrogen and oxygen atoms in total. The number of nitro groups is 1. The van der Waals surface area contributed by atoms with Gasteiger partial charge in [-0.15, -0.1) is 0 Å². The first-order valence-electron chi connectivity index (χ1n) is 5.31. The molecule has 0 radical (unpaired) electrons. The Kier molecular flexibility index (Phi) is 5.07. The van der Waals surface area contributed by atoms with Crippen LogP contribution in [0.25, 0.3) is 0 Å². The molecular weight excluding hydrogens is 256 g/mol. The second kappa shape index (κ2) is 6.55. The number of carboxylic acids is 1. The molecule has 1 unspecified atom stereocenters. The summed E-state index contributed by atoms with van der Waals surface area (Å²) < 4.78 is 9.62. The number of carboxylic acid groups (broad SMARTS) is 1. The highest BCUT2D eigenvalue weighted by molar-refractivity contribution is 5.73. The van der Waals surface area contributed by atoms with Gasteiger partial charge in [-0.25, -0.2) is 4.79 Å². The molecule has 0 aliphatic heterocycles. The van der Waals surface area contributed by atoms with Gasteiger partial charge in [-0.3, -0.25) is 10.1 Å². The Morgan fingerprint density at radius 3 is 2.68 bits per heavy atom. The number of nitro benzene ring substituents is 1. The van der Waals surface area contributed by atoms with Crippen LogP contribution in [0.2, 0.25) is 0 Å². The average molecular weight is 270 g/mol. The van der Waals surface area contributed by atoms with Gasteiger partial charge in [-0.2, -0.15) is 0 Å².